The zero-order valence-corrected chi connectivity index (χ0v) is 15.9. The van der Waals surface area contributed by atoms with Crippen molar-refractivity contribution in [2.24, 2.45) is 5.92 Å². The molecule has 7 heteroatoms. The van der Waals surface area contributed by atoms with Crippen LogP contribution in [-0.4, -0.2) is 15.9 Å². The Kier molecular flexibility index (Phi) is 4.55. The van der Waals surface area contributed by atoms with Gasteiger partial charge in [-0.3, -0.25) is 4.79 Å². The third-order valence-electron chi connectivity index (χ3n) is 4.95. The van der Waals surface area contributed by atoms with E-state index in [1.54, 1.807) is 13.0 Å². The van der Waals surface area contributed by atoms with E-state index in [2.05, 4.69) is 16.9 Å². The van der Waals surface area contributed by atoms with Gasteiger partial charge < -0.3 is 9.72 Å². The molecule has 0 unspecified atom stereocenters. The maximum atomic E-state index is 13.8. The fourth-order valence-corrected chi connectivity index (χ4v) is 4.86. The van der Waals surface area contributed by atoms with Crippen LogP contribution in [0.5, 0.6) is 0 Å². The Morgan fingerprint density at radius 1 is 1.41 bits per heavy atom. The van der Waals surface area contributed by atoms with Crippen LogP contribution < -0.4 is 5.56 Å². The van der Waals surface area contributed by atoms with Crippen LogP contribution in [0.15, 0.2) is 29.1 Å². The summed E-state index contributed by atoms with van der Waals surface area (Å²) in [4.78, 5) is 34.0. The van der Waals surface area contributed by atoms with Gasteiger partial charge in [0.15, 0.2) is 11.9 Å². The van der Waals surface area contributed by atoms with Crippen LogP contribution in [0.1, 0.15) is 53.0 Å². The van der Waals surface area contributed by atoms with Gasteiger partial charge in [-0.15, -0.1) is 11.3 Å². The summed E-state index contributed by atoms with van der Waals surface area (Å²) >= 11 is 1.54. The number of benzene rings is 1. The number of carbonyl (C=O) groups excluding carboxylic acids is 1. The van der Waals surface area contributed by atoms with Gasteiger partial charge in [0.2, 0.25) is 0 Å². The number of aromatic amines is 1. The minimum atomic E-state index is -0.799. The highest BCUT2D eigenvalue weighted by atomic mass is 32.1. The molecule has 5 nitrogen and oxygen atoms in total. The maximum absolute atomic E-state index is 13.8. The second kappa shape index (κ2) is 6.88. The molecule has 0 bridgehead atoms. The van der Waals surface area contributed by atoms with E-state index in [1.165, 1.54) is 34.4 Å². The average molecular weight is 386 g/mol. The number of carbonyl (C=O) groups is 1. The Balaban J connectivity index is 1.65. The van der Waals surface area contributed by atoms with Gasteiger partial charge in [0, 0.05) is 4.88 Å². The Bertz CT molecular complexity index is 1090. The van der Waals surface area contributed by atoms with E-state index < -0.39 is 17.9 Å². The van der Waals surface area contributed by atoms with Gasteiger partial charge in [-0.1, -0.05) is 19.1 Å². The molecule has 0 saturated carbocycles. The molecule has 0 saturated heterocycles. The number of hydrogen-bond donors (Lipinski definition) is 1. The van der Waals surface area contributed by atoms with Crippen LogP contribution >= 0.6 is 11.3 Å². The average Bonchev–Trinajstić information content (AvgIpc) is 2.99. The Morgan fingerprint density at radius 3 is 2.96 bits per heavy atom. The number of halogens is 1. The number of rotatable bonds is 3. The van der Waals surface area contributed by atoms with Crippen LogP contribution in [0.4, 0.5) is 4.39 Å². The molecule has 3 aromatic rings. The number of thiophene rings is 1. The topological polar surface area (TPSA) is 72.0 Å². The maximum Gasteiger partial charge on any atom is 0.341 e. The molecule has 1 N–H and O–H groups in total. The monoisotopic (exact) mass is 386 g/mol. The van der Waals surface area contributed by atoms with E-state index in [0.717, 1.165) is 24.8 Å². The van der Waals surface area contributed by atoms with Crippen molar-refractivity contribution in [3.05, 3.63) is 62.3 Å². The van der Waals surface area contributed by atoms with E-state index in [4.69, 9.17) is 4.74 Å². The third kappa shape index (κ3) is 3.27. The van der Waals surface area contributed by atoms with Gasteiger partial charge in [0.05, 0.1) is 10.9 Å². The molecule has 0 spiro atoms. The number of nitrogens with one attached hydrogen (secondary N) is 1. The number of fused-ring (bicyclic) bond motifs is 3. The molecule has 4 rings (SSSR count). The Hall–Kier alpha value is -2.54. The minimum absolute atomic E-state index is 0.145. The molecular formula is C20H19FN2O3S. The van der Waals surface area contributed by atoms with Crippen LogP contribution in [0.3, 0.4) is 0 Å². The van der Waals surface area contributed by atoms with Gasteiger partial charge >= 0.3 is 5.97 Å². The molecule has 2 heterocycles. The smallest absolute Gasteiger partial charge is 0.341 e. The van der Waals surface area contributed by atoms with Crippen LogP contribution in [-0.2, 0) is 17.6 Å². The standard InChI is InChI=1S/C20H19FN2O3S/c1-10-7-8-13-15(9-10)27-19-16(13)18(24)22-17(23-19)11(2)26-20(25)12-5-3-4-6-14(12)21/h3-6,10-11H,7-9H2,1-2H3,(H,22,23,24)/t10-,11-/m0/s1. The first-order chi connectivity index (χ1) is 12.9. The van der Waals surface area contributed by atoms with Crippen molar-refractivity contribution < 1.29 is 13.9 Å². The minimum Gasteiger partial charge on any atom is -0.451 e. The fourth-order valence-electron chi connectivity index (χ4n) is 3.46. The van der Waals surface area contributed by atoms with Crippen molar-refractivity contribution in [1.29, 1.82) is 0 Å². The highest BCUT2D eigenvalue weighted by Crippen LogP contribution is 2.36. The van der Waals surface area contributed by atoms with Crippen molar-refractivity contribution in [1.82, 2.24) is 9.97 Å². The SMILES string of the molecule is C[C@H]1CCc2c(sc3nc([C@H](C)OC(=O)c4ccccc4F)[nH]c(=O)c23)C1. The van der Waals surface area contributed by atoms with Crippen molar-refractivity contribution in [2.45, 2.75) is 39.2 Å². The lowest BCUT2D eigenvalue weighted by Crippen LogP contribution is -2.18. The molecule has 140 valence electrons. The Morgan fingerprint density at radius 2 is 2.19 bits per heavy atom. The molecule has 2 aromatic heterocycles. The largest absolute Gasteiger partial charge is 0.451 e. The molecule has 27 heavy (non-hydrogen) atoms. The second-order valence-corrected chi connectivity index (χ2v) is 8.09. The normalized spacial score (nSPS) is 17.5. The summed E-state index contributed by atoms with van der Waals surface area (Å²) in [7, 11) is 0. The summed E-state index contributed by atoms with van der Waals surface area (Å²) in [6, 6.07) is 5.62. The number of esters is 1. The summed E-state index contributed by atoms with van der Waals surface area (Å²) in [5.74, 6) is -0.567. The van der Waals surface area contributed by atoms with Crippen molar-refractivity contribution in [3.8, 4) is 0 Å². The van der Waals surface area contributed by atoms with E-state index in [9.17, 15) is 14.0 Å². The van der Waals surface area contributed by atoms with Gasteiger partial charge in [0.25, 0.3) is 5.56 Å². The lowest BCUT2D eigenvalue weighted by atomic mass is 9.89. The first-order valence-corrected chi connectivity index (χ1v) is 9.75. The fraction of sp³-hybridized carbons (Fsp3) is 0.350. The van der Waals surface area contributed by atoms with Crippen LogP contribution in [0.25, 0.3) is 10.2 Å². The Labute approximate surface area is 159 Å². The quantitative estimate of drug-likeness (QED) is 0.686. The summed E-state index contributed by atoms with van der Waals surface area (Å²) in [6.07, 6.45) is 2.12. The van der Waals surface area contributed by atoms with Gasteiger partial charge in [0.1, 0.15) is 10.6 Å². The number of nitrogens with zero attached hydrogens (tertiary/aromatic N) is 1. The van der Waals surface area contributed by atoms with Gasteiger partial charge in [-0.25, -0.2) is 14.2 Å². The zero-order chi connectivity index (χ0) is 19.1. The molecule has 1 aliphatic carbocycles. The second-order valence-electron chi connectivity index (χ2n) is 7.01. The first-order valence-electron chi connectivity index (χ1n) is 8.94. The summed E-state index contributed by atoms with van der Waals surface area (Å²) < 4.78 is 19.1. The zero-order valence-electron chi connectivity index (χ0n) is 15.0. The molecule has 0 radical (unpaired) electrons. The number of ether oxygens (including phenoxy) is 1. The van der Waals surface area contributed by atoms with Gasteiger partial charge in [-0.2, -0.15) is 0 Å². The molecule has 1 aliphatic rings. The predicted octanol–water partition coefficient (Wildman–Crippen LogP) is 4.17. The molecule has 2 atom stereocenters. The van der Waals surface area contributed by atoms with Gasteiger partial charge in [-0.05, 0) is 49.8 Å². The highest BCUT2D eigenvalue weighted by molar-refractivity contribution is 7.18. The molecule has 0 amide bonds. The highest BCUT2D eigenvalue weighted by Gasteiger charge is 2.25. The summed E-state index contributed by atoms with van der Waals surface area (Å²) in [6.45, 7) is 3.82. The van der Waals surface area contributed by atoms with E-state index in [-0.39, 0.29) is 16.9 Å². The molecular weight excluding hydrogens is 367 g/mol. The first kappa shape index (κ1) is 17.9. The van der Waals surface area contributed by atoms with Crippen molar-refractivity contribution in [2.75, 3.05) is 0 Å². The van der Waals surface area contributed by atoms with Crippen LogP contribution in [0, 0.1) is 11.7 Å². The van der Waals surface area contributed by atoms with Crippen molar-refractivity contribution in [3.63, 3.8) is 0 Å². The van der Waals surface area contributed by atoms with E-state index >= 15 is 0 Å². The number of aryl methyl sites for hydroxylation is 1. The predicted molar refractivity (Wildman–Crippen MR) is 102 cm³/mol. The number of aromatic nitrogens is 2. The van der Waals surface area contributed by atoms with E-state index in [1.807, 2.05) is 0 Å². The summed E-state index contributed by atoms with van der Waals surface area (Å²) in [5.41, 5.74) is 0.744. The lowest BCUT2D eigenvalue weighted by Gasteiger charge is -2.17. The molecule has 0 fully saturated rings. The summed E-state index contributed by atoms with van der Waals surface area (Å²) in [5, 5.41) is 0.651. The van der Waals surface area contributed by atoms with Crippen LogP contribution in [0.2, 0.25) is 0 Å². The molecule has 1 aromatic carbocycles. The molecule has 0 aliphatic heterocycles. The lowest BCUT2D eigenvalue weighted by molar-refractivity contribution is 0.0315. The number of H-pyrrole nitrogens is 1. The van der Waals surface area contributed by atoms with E-state index in [0.29, 0.717) is 16.1 Å². The third-order valence-corrected chi connectivity index (χ3v) is 6.09. The number of hydrogen-bond acceptors (Lipinski definition) is 5. The van der Waals surface area contributed by atoms with Crippen molar-refractivity contribution >= 4 is 27.5 Å².